The summed E-state index contributed by atoms with van der Waals surface area (Å²) in [7, 11) is 0. The molecule has 0 saturated heterocycles. The molecule has 2 fully saturated rings. The molecule has 2 aromatic carbocycles. The van der Waals surface area contributed by atoms with Gasteiger partial charge in [0.05, 0.1) is 11.1 Å². The first-order valence-corrected chi connectivity index (χ1v) is 10.8. The van der Waals surface area contributed by atoms with Crippen molar-refractivity contribution in [3.63, 3.8) is 0 Å². The zero-order chi connectivity index (χ0) is 19.5. The molecule has 2 saturated carbocycles. The first kappa shape index (κ1) is 19.0. The molecule has 28 heavy (non-hydrogen) atoms. The summed E-state index contributed by atoms with van der Waals surface area (Å²) < 4.78 is 0. The summed E-state index contributed by atoms with van der Waals surface area (Å²) >= 11 is 0. The summed E-state index contributed by atoms with van der Waals surface area (Å²) in [6.07, 6.45) is 11.4. The van der Waals surface area contributed by atoms with Crippen molar-refractivity contribution in [2.24, 2.45) is 0 Å². The Balaban J connectivity index is 1.66. The Morgan fingerprint density at radius 3 is 1.43 bits per heavy atom. The Hall–Kier alpha value is -2.29. The number of hydrogen-bond donors (Lipinski definition) is 2. The lowest BCUT2D eigenvalue weighted by molar-refractivity contribution is 0.103. The van der Waals surface area contributed by atoms with Crippen molar-refractivity contribution in [3.8, 4) is 11.5 Å². The summed E-state index contributed by atoms with van der Waals surface area (Å²) in [5.41, 5.74) is 2.38. The second-order valence-corrected chi connectivity index (χ2v) is 8.49. The Kier molecular flexibility index (Phi) is 5.70. The lowest BCUT2D eigenvalue weighted by Crippen LogP contribution is -2.10. The predicted molar refractivity (Wildman–Crippen MR) is 111 cm³/mol. The van der Waals surface area contributed by atoms with Gasteiger partial charge in [0.1, 0.15) is 11.5 Å². The van der Waals surface area contributed by atoms with E-state index < -0.39 is 0 Å². The van der Waals surface area contributed by atoms with Crippen LogP contribution >= 0.6 is 0 Å². The minimum atomic E-state index is -0.287. The normalized spacial score (nSPS) is 18.9. The van der Waals surface area contributed by atoms with Gasteiger partial charge in [-0.2, -0.15) is 0 Å². The van der Waals surface area contributed by atoms with Gasteiger partial charge in [-0.15, -0.1) is 0 Å². The maximum absolute atomic E-state index is 13.2. The van der Waals surface area contributed by atoms with E-state index in [9.17, 15) is 15.0 Å². The molecule has 3 nitrogen and oxygen atoms in total. The molecule has 0 aromatic heterocycles. The van der Waals surface area contributed by atoms with E-state index in [0.29, 0.717) is 23.0 Å². The van der Waals surface area contributed by atoms with Crippen molar-refractivity contribution >= 4 is 5.78 Å². The third-order valence-electron chi connectivity index (χ3n) is 6.71. The SMILES string of the molecule is O=C(c1cccc(C2CCCCC2)c1O)c1cccc(C2CCCCC2)c1O. The quantitative estimate of drug-likeness (QED) is 0.603. The molecule has 2 aromatic rings. The van der Waals surface area contributed by atoms with Crippen LogP contribution in [-0.2, 0) is 0 Å². The van der Waals surface area contributed by atoms with Crippen molar-refractivity contribution in [3.05, 3.63) is 58.7 Å². The van der Waals surface area contributed by atoms with Gasteiger partial charge in [0.2, 0.25) is 0 Å². The lowest BCUT2D eigenvalue weighted by Gasteiger charge is -2.24. The number of ketones is 1. The zero-order valence-electron chi connectivity index (χ0n) is 16.5. The number of para-hydroxylation sites is 2. The molecule has 0 aliphatic heterocycles. The van der Waals surface area contributed by atoms with Crippen LogP contribution in [0.15, 0.2) is 36.4 Å². The number of phenolic OH excluding ortho intramolecular Hbond substituents is 2. The van der Waals surface area contributed by atoms with Gasteiger partial charge in [-0.05, 0) is 60.8 Å². The highest BCUT2D eigenvalue weighted by Crippen LogP contribution is 2.41. The molecule has 148 valence electrons. The number of benzene rings is 2. The first-order valence-electron chi connectivity index (χ1n) is 10.8. The van der Waals surface area contributed by atoms with Crippen LogP contribution in [0.3, 0.4) is 0 Å². The van der Waals surface area contributed by atoms with E-state index >= 15 is 0 Å². The summed E-state index contributed by atoms with van der Waals surface area (Å²) in [5, 5.41) is 21.8. The van der Waals surface area contributed by atoms with Gasteiger partial charge in [-0.3, -0.25) is 4.79 Å². The fourth-order valence-electron chi connectivity index (χ4n) is 5.12. The summed E-state index contributed by atoms with van der Waals surface area (Å²) in [6, 6.07) is 11.0. The van der Waals surface area contributed by atoms with E-state index in [2.05, 4.69) is 0 Å². The van der Waals surface area contributed by atoms with Crippen LogP contribution in [0.5, 0.6) is 11.5 Å². The molecule has 0 bridgehead atoms. The monoisotopic (exact) mass is 378 g/mol. The van der Waals surface area contributed by atoms with Gasteiger partial charge in [0.25, 0.3) is 0 Å². The van der Waals surface area contributed by atoms with Crippen LogP contribution in [-0.4, -0.2) is 16.0 Å². The van der Waals surface area contributed by atoms with Crippen LogP contribution in [0.1, 0.15) is 103 Å². The van der Waals surface area contributed by atoms with Crippen molar-refractivity contribution in [2.75, 3.05) is 0 Å². The van der Waals surface area contributed by atoms with Crippen molar-refractivity contribution in [1.82, 2.24) is 0 Å². The van der Waals surface area contributed by atoms with Gasteiger partial charge < -0.3 is 10.2 Å². The molecular weight excluding hydrogens is 348 g/mol. The number of rotatable bonds is 4. The molecule has 4 rings (SSSR count). The molecule has 0 spiro atoms. The number of carbonyl (C=O) groups excluding carboxylic acids is 1. The highest BCUT2D eigenvalue weighted by molar-refractivity contribution is 6.12. The van der Waals surface area contributed by atoms with Gasteiger partial charge in [0.15, 0.2) is 5.78 Å². The molecule has 0 heterocycles. The largest absolute Gasteiger partial charge is 0.507 e. The molecule has 0 radical (unpaired) electrons. The van der Waals surface area contributed by atoms with Gasteiger partial charge in [-0.1, -0.05) is 62.8 Å². The van der Waals surface area contributed by atoms with E-state index in [0.717, 1.165) is 36.8 Å². The van der Waals surface area contributed by atoms with Crippen molar-refractivity contribution in [1.29, 1.82) is 0 Å². The number of carbonyl (C=O) groups is 1. The fraction of sp³-hybridized carbons (Fsp3) is 0.480. The first-order chi connectivity index (χ1) is 13.7. The molecule has 2 aliphatic rings. The third-order valence-corrected chi connectivity index (χ3v) is 6.71. The fourth-order valence-corrected chi connectivity index (χ4v) is 5.12. The van der Waals surface area contributed by atoms with E-state index in [-0.39, 0.29) is 17.3 Å². The van der Waals surface area contributed by atoms with Crippen LogP contribution in [0, 0.1) is 0 Å². The van der Waals surface area contributed by atoms with Crippen LogP contribution < -0.4 is 0 Å². The average Bonchev–Trinajstić information content (AvgIpc) is 2.75. The van der Waals surface area contributed by atoms with Gasteiger partial charge in [0, 0.05) is 0 Å². The van der Waals surface area contributed by atoms with Gasteiger partial charge in [-0.25, -0.2) is 0 Å². The molecular formula is C25H30O3. The minimum absolute atomic E-state index is 0.0990. The average molecular weight is 379 g/mol. The Labute approximate surface area is 167 Å². The lowest BCUT2D eigenvalue weighted by atomic mass is 9.81. The smallest absolute Gasteiger partial charge is 0.200 e. The van der Waals surface area contributed by atoms with Crippen LogP contribution in [0.2, 0.25) is 0 Å². The predicted octanol–water partition coefficient (Wildman–Crippen LogP) is 6.42. The van der Waals surface area contributed by atoms with E-state index in [1.54, 1.807) is 12.1 Å². The van der Waals surface area contributed by atoms with E-state index in [1.807, 2.05) is 24.3 Å². The molecule has 0 amide bonds. The van der Waals surface area contributed by atoms with Crippen LogP contribution in [0.4, 0.5) is 0 Å². The summed E-state index contributed by atoms with van der Waals surface area (Å²) in [4.78, 5) is 13.2. The number of aromatic hydroxyl groups is 2. The molecule has 2 N–H and O–H groups in total. The maximum atomic E-state index is 13.2. The Morgan fingerprint density at radius 1 is 0.643 bits per heavy atom. The molecule has 0 atom stereocenters. The second kappa shape index (κ2) is 8.38. The standard InChI is InChI=1S/C25H30O3/c26-23-19(17-9-3-1-4-10-17)13-7-15-21(23)25(28)22-16-8-14-20(24(22)27)18-11-5-2-6-12-18/h7-8,13-18,26-27H,1-6,9-12H2. The maximum Gasteiger partial charge on any atom is 0.200 e. The van der Waals surface area contributed by atoms with Crippen LogP contribution in [0.25, 0.3) is 0 Å². The summed E-state index contributed by atoms with van der Waals surface area (Å²) in [5.74, 6) is 0.557. The number of phenols is 2. The third kappa shape index (κ3) is 3.67. The van der Waals surface area contributed by atoms with Crippen molar-refractivity contribution in [2.45, 2.75) is 76.0 Å². The Bertz CT molecular complexity index is 773. The van der Waals surface area contributed by atoms with E-state index in [4.69, 9.17) is 0 Å². The molecule has 0 unspecified atom stereocenters. The van der Waals surface area contributed by atoms with Crippen molar-refractivity contribution < 1.29 is 15.0 Å². The highest BCUT2D eigenvalue weighted by atomic mass is 16.3. The minimum Gasteiger partial charge on any atom is -0.507 e. The number of hydrogen-bond acceptors (Lipinski definition) is 3. The topological polar surface area (TPSA) is 57.5 Å². The van der Waals surface area contributed by atoms with E-state index in [1.165, 1.54) is 38.5 Å². The summed E-state index contributed by atoms with van der Waals surface area (Å²) in [6.45, 7) is 0. The van der Waals surface area contributed by atoms with Gasteiger partial charge >= 0.3 is 0 Å². The molecule has 2 aliphatic carbocycles. The second-order valence-electron chi connectivity index (χ2n) is 8.49. The Morgan fingerprint density at radius 2 is 1.04 bits per heavy atom. The molecule has 3 heteroatoms. The zero-order valence-corrected chi connectivity index (χ0v) is 16.5. The highest BCUT2D eigenvalue weighted by Gasteiger charge is 2.26.